The lowest BCUT2D eigenvalue weighted by Crippen LogP contribution is -2.25. The summed E-state index contributed by atoms with van der Waals surface area (Å²) in [5.74, 6) is 1.31. The van der Waals surface area contributed by atoms with Crippen LogP contribution in [0.15, 0.2) is 24.3 Å². The van der Waals surface area contributed by atoms with Crippen LogP contribution in [0.4, 0.5) is 0 Å². The highest BCUT2D eigenvalue weighted by Crippen LogP contribution is 2.35. The average Bonchev–Trinajstić information content (AvgIpc) is 2.90. The number of ether oxygens (including phenoxy) is 3. The van der Waals surface area contributed by atoms with E-state index in [0.717, 1.165) is 63.5 Å². The van der Waals surface area contributed by atoms with E-state index in [1.165, 1.54) is 30.7 Å². The summed E-state index contributed by atoms with van der Waals surface area (Å²) in [5.41, 5.74) is 4.91. The number of hydrogen-bond donors (Lipinski definition) is 1. The van der Waals surface area contributed by atoms with Gasteiger partial charge in [0.15, 0.2) is 5.78 Å². The monoisotopic (exact) mass is 510 g/mol. The van der Waals surface area contributed by atoms with Crippen molar-refractivity contribution in [2.24, 2.45) is 5.92 Å². The third-order valence-corrected chi connectivity index (χ3v) is 7.16. The average molecular weight is 511 g/mol. The molecule has 0 amide bonds. The van der Waals surface area contributed by atoms with Gasteiger partial charge in [0.25, 0.3) is 0 Å². The van der Waals surface area contributed by atoms with E-state index in [1.807, 2.05) is 6.92 Å². The zero-order valence-corrected chi connectivity index (χ0v) is 22.9. The molecule has 0 heterocycles. The lowest BCUT2D eigenvalue weighted by atomic mass is 9.80. The number of carbonyl (C=O) groups is 2. The van der Waals surface area contributed by atoms with E-state index in [1.54, 1.807) is 12.1 Å². The Labute approximate surface area is 221 Å². The molecular formula is C31H42O6. The first kappa shape index (κ1) is 28.5. The van der Waals surface area contributed by atoms with Crippen LogP contribution in [0.1, 0.15) is 91.9 Å². The number of phenolic OH excluding ortho intramolecular Hbond substituents is 1. The molecule has 2 aromatic rings. The number of esters is 1. The number of benzene rings is 2. The van der Waals surface area contributed by atoms with E-state index in [4.69, 9.17) is 14.2 Å². The number of unbranched alkanes of at least 4 members (excludes halogenated alkanes) is 2. The summed E-state index contributed by atoms with van der Waals surface area (Å²) >= 11 is 0. The van der Waals surface area contributed by atoms with E-state index < -0.39 is 0 Å². The van der Waals surface area contributed by atoms with Gasteiger partial charge in [0.05, 0.1) is 31.8 Å². The minimum absolute atomic E-state index is 0.0473. The van der Waals surface area contributed by atoms with Gasteiger partial charge in [-0.3, -0.25) is 9.59 Å². The van der Waals surface area contributed by atoms with Crippen LogP contribution < -0.4 is 9.47 Å². The molecule has 1 atom stereocenters. The molecule has 1 N–H and O–H groups in total. The Morgan fingerprint density at radius 2 is 1.54 bits per heavy atom. The highest BCUT2D eigenvalue weighted by molar-refractivity contribution is 5.97. The molecule has 0 saturated heterocycles. The van der Waals surface area contributed by atoms with Crippen LogP contribution >= 0.6 is 0 Å². The molecule has 3 rings (SSSR count). The van der Waals surface area contributed by atoms with E-state index in [-0.39, 0.29) is 23.4 Å². The minimum Gasteiger partial charge on any atom is -0.507 e. The zero-order valence-electron chi connectivity index (χ0n) is 22.9. The molecule has 1 aliphatic rings. The Hall–Kier alpha value is -3.02. The fourth-order valence-electron chi connectivity index (χ4n) is 5.19. The van der Waals surface area contributed by atoms with Gasteiger partial charge < -0.3 is 19.3 Å². The predicted molar refractivity (Wildman–Crippen MR) is 145 cm³/mol. The van der Waals surface area contributed by atoms with Crippen molar-refractivity contribution in [2.75, 3.05) is 20.3 Å². The van der Waals surface area contributed by atoms with Gasteiger partial charge in [-0.15, -0.1) is 0 Å². The van der Waals surface area contributed by atoms with Crippen molar-refractivity contribution >= 4 is 11.8 Å². The Balaban J connectivity index is 1.51. The van der Waals surface area contributed by atoms with Crippen LogP contribution in [-0.4, -0.2) is 37.2 Å². The maximum Gasteiger partial charge on any atom is 0.309 e. The van der Waals surface area contributed by atoms with E-state index >= 15 is 0 Å². The van der Waals surface area contributed by atoms with Gasteiger partial charge in [0, 0.05) is 5.56 Å². The van der Waals surface area contributed by atoms with Crippen LogP contribution in [0, 0.1) is 5.92 Å². The molecule has 2 aromatic carbocycles. The number of rotatable bonds is 14. The molecule has 6 heteroatoms. The molecule has 1 aliphatic carbocycles. The van der Waals surface area contributed by atoms with Crippen molar-refractivity contribution in [1.82, 2.24) is 0 Å². The number of Topliss-reactive ketones (excluding diaryl/α,β-unsaturated/α-hetero) is 1. The van der Waals surface area contributed by atoms with Gasteiger partial charge >= 0.3 is 5.97 Å². The molecule has 0 fully saturated rings. The fourth-order valence-corrected chi connectivity index (χ4v) is 5.19. The normalized spacial score (nSPS) is 14.6. The molecule has 0 bridgehead atoms. The summed E-state index contributed by atoms with van der Waals surface area (Å²) in [7, 11) is 1.47. The lowest BCUT2D eigenvalue weighted by molar-refractivity contribution is -0.145. The number of phenols is 1. The Bertz CT molecular complexity index is 1070. The van der Waals surface area contributed by atoms with E-state index in [2.05, 4.69) is 19.1 Å². The van der Waals surface area contributed by atoms with Crippen molar-refractivity contribution in [1.29, 1.82) is 0 Å². The molecule has 37 heavy (non-hydrogen) atoms. The minimum atomic E-state index is -0.147. The Morgan fingerprint density at radius 3 is 2.16 bits per heavy atom. The van der Waals surface area contributed by atoms with Crippen LogP contribution in [-0.2, 0) is 35.2 Å². The number of aromatic hydroxyl groups is 1. The summed E-state index contributed by atoms with van der Waals surface area (Å²) in [6, 6.07) is 7.68. The summed E-state index contributed by atoms with van der Waals surface area (Å²) in [4.78, 5) is 23.9. The van der Waals surface area contributed by atoms with Crippen LogP contribution in [0.3, 0.4) is 0 Å². The first-order valence-corrected chi connectivity index (χ1v) is 13.7. The van der Waals surface area contributed by atoms with Gasteiger partial charge in [-0.2, -0.15) is 0 Å². The molecule has 0 radical (unpaired) electrons. The number of carbonyl (C=O) groups excluding carboxylic acids is 2. The highest BCUT2D eigenvalue weighted by atomic mass is 16.5. The largest absolute Gasteiger partial charge is 0.507 e. The maximum atomic E-state index is 12.1. The maximum absolute atomic E-state index is 12.1. The predicted octanol–water partition coefficient (Wildman–Crippen LogP) is 6.41. The number of methoxy groups -OCH3 is 1. The standard InChI is InChI=1S/C31H42O6/c1-5-10-25-27-20-23(31(34)35-4)13-12-22(27)14-16-28(25)36-18-8-7-9-19-37-29-17-15-24(21(3)32)30(33)26(29)11-6-2/h14-17,23,33H,5-13,18-20H2,1-4H3. The molecule has 0 aliphatic heterocycles. The number of fused-ring (bicyclic) bond motifs is 1. The molecular weight excluding hydrogens is 468 g/mol. The van der Waals surface area contributed by atoms with Crippen LogP contribution in [0.2, 0.25) is 0 Å². The quantitative estimate of drug-likeness (QED) is 0.180. The fraction of sp³-hybridized carbons (Fsp3) is 0.548. The molecule has 1 unspecified atom stereocenters. The summed E-state index contributed by atoms with van der Waals surface area (Å²) in [5, 5.41) is 10.5. The van der Waals surface area contributed by atoms with Crippen LogP contribution in [0.5, 0.6) is 17.2 Å². The second-order valence-electron chi connectivity index (χ2n) is 9.90. The Kier molecular flexibility index (Phi) is 10.8. The van der Waals surface area contributed by atoms with Crippen molar-refractivity contribution < 1.29 is 28.9 Å². The van der Waals surface area contributed by atoms with Crippen molar-refractivity contribution in [2.45, 2.75) is 85.0 Å². The summed E-state index contributed by atoms with van der Waals surface area (Å²) < 4.78 is 17.2. The van der Waals surface area contributed by atoms with Gasteiger partial charge in [-0.1, -0.05) is 32.8 Å². The van der Waals surface area contributed by atoms with E-state index in [0.29, 0.717) is 36.5 Å². The second kappa shape index (κ2) is 14.1. The molecule has 0 aromatic heterocycles. The third-order valence-electron chi connectivity index (χ3n) is 7.16. The van der Waals surface area contributed by atoms with Crippen molar-refractivity contribution in [3.8, 4) is 17.2 Å². The second-order valence-corrected chi connectivity index (χ2v) is 9.90. The summed E-state index contributed by atoms with van der Waals surface area (Å²) in [6.45, 7) is 6.84. The first-order valence-electron chi connectivity index (χ1n) is 13.7. The molecule has 0 spiro atoms. The van der Waals surface area contributed by atoms with Crippen molar-refractivity contribution in [3.63, 3.8) is 0 Å². The summed E-state index contributed by atoms with van der Waals surface area (Å²) in [6.07, 6.45) is 8.70. The number of aryl methyl sites for hydroxylation is 1. The molecule has 6 nitrogen and oxygen atoms in total. The molecule has 0 saturated carbocycles. The lowest BCUT2D eigenvalue weighted by Gasteiger charge is -2.26. The highest BCUT2D eigenvalue weighted by Gasteiger charge is 2.28. The smallest absolute Gasteiger partial charge is 0.309 e. The topological polar surface area (TPSA) is 82.1 Å². The van der Waals surface area contributed by atoms with Gasteiger partial charge in [0.1, 0.15) is 17.2 Å². The number of ketones is 1. The number of hydrogen-bond acceptors (Lipinski definition) is 6. The van der Waals surface area contributed by atoms with Gasteiger partial charge in [0.2, 0.25) is 0 Å². The first-order chi connectivity index (χ1) is 17.9. The van der Waals surface area contributed by atoms with Crippen molar-refractivity contribution in [3.05, 3.63) is 52.1 Å². The zero-order chi connectivity index (χ0) is 26.8. The molecule has 202 valence electrons. The van der Waals surface area contributed by atoms with Gasteiger partial charge in [-0.05, 0) is 93.2 Å². The SMILES string of the molecule is CCCc1c(OCCCCCOc2ccc3c(c2CCC)CC(C(=O)OC)CC3)ccc(C(C)=O)c1O. The van der Waals surface area contributed by atoms with Crippen LogP contribution in [0.25, 0.3) is 0 Å². The third kappa shape index (κ3) is 7.27. The Morgan fingerprint density at radius 1 is 0.919 bits per heavy atom. The van der Waals surface area contributed by atoms with Gasteiger partial charge in [-0.25, -0.2) is 0 Å². The van der Waals surface area contributed by atoms with E-state index in [9.17, 15) is 14.7 Å².